The minimum atomic E-state index is -0.102. The minimum absolute atomic E-state index is 0.102. The maximum Gasteiger partial charge on any atom is 0.208 e. The molecule has 2 aromatic rings. The SMILES string of the molecule is Cc1nc(CNCc2cccc3c2OC(C)(C)C3)oc1C. The molecule has 0 saturated heterocycles. The third kappa shape index (κ3) is 2.95. The summed E-state index contributed by atoms with van der Waals surface area (Å²) in [4.78, 5) is 4.38. The number of fused-ring (bicyclic) bond motifs is 1. The van der Waals surface area contributed by atoms with Gasteiger partial charge in [-0.15, -0.1) is 0 Å². The molecule has 0 atom stereocenters. The second kappa shape index (κ2) is 5.19. The average Bonchev–Trinajstić information content (AvgIpc) is 2.88. The van der Waals surface area contributed by atoms with Crippen molar-refractivity contribution in [2.24, 2.45) is 0 Å². The Morgan fingerprint density at radius 2 is 2.05 bits per heavy atom. The lowest BCUT2D eigenvalue weighted by atomic mass is 10.0. The van der Waals surface area contributed by atoms with Gasteiger partial charge in [-0.25, -0.2) is 4.98 Å². The van der Waals surface area contributed by atoms with Crippen LogP contribution in [0.5, 0.6) is 5.75 Å². The Balaban J connectivity index is 1.66. The molecule has 0 saturated carbocycles. The number of oxazole rings is 1. The summed E-state index contributed by atoms with van der Waals surface area (Å²) in [6.07, 6.45) is 0.967. The van der Waals surface area contributed by atoms with Gasteiger partial charge in [0.25, 0.3) is 0 Å². The van der Waals surface area contributed by atoms with Crippen molar-refractivity contribution in [1.29, 1.82) is 0 Å². The zero-order valence-electron chi connectivity index (χ0n) is 13.1. The maximum atomic E-state index is 6.07. The van der Waals surface area contributed by atoms with Gasteiger partial charge in [-0.1, -0.05) is 18.2 Å². The Morgan fingerprint density at radius 1 is 1.24 bits per heavy atom. The largest absolute Gasteiger partial charge is 0.487 e. The normalized spacial score (nSPS) is 15.8. The van der Waals surface area contributed by atoms with Crippen molar-refractivity contribution in [3.63, 3.8) is 0 Å². The van der Waals surface area contributed by atoms with Gasteiger partial charge in [0.1, 0.15) is 17.1 Å². The molecule has 0 unspecified atom stereocenters. The van der Waals surface area contributed by atoms with Crippen molar-refractivity contribution < 1.29 is 9.15 Å². The highest BCUT2D eigenvalue weighted by Crippen LogP contribution is 2.37. The van der Waals surface area contributed by atoms with Gasteiger partial charge < -0.3 is 14.5 Å². The molecular weight excluding hydrogens is 264 g/mol. The van der Waals surface area contributed by atoms with E-state index in [1.807, 2.05) is 13.8 Å². The van der Waals surface area contributed by atoms with Crippen molar-refractivity contribution in [3.05, 3.63) is 46.7 Å². The highest BCUT2D eigenvalue weighted by Gasteiger charge is 2.31. The molecular formula is C17H22N2O2. The number of nitrogens with one attached hydrogen (secondary N) is 1. The van der Waals surface area contributed by atoms with E-state index in [-0.39, 0.29) is 5.60 Å². The third-order valence-electron chi connectivity index (χ3n) is 3.84. The Bertz CT molecular complexity index is 639. The number of benzene rings is 1. The molecule has 0 amide bonds. The number of nitrogens with zero attached hydrogens (tertiary/aromatic N) is 1. The monoisotopic (exact) mass is 286 g/mol. The Hall–Kier alpha value is -1.81. The number of aromatic nitrogens is 1. The second-order valence-corrected chi connectivity index (χ2v) is 6.30. The molecule has 4 nitrogen and oxygen atoms in total. The molecule has 4 heteroatoms. The van der Waals surface area contributed by atoms with Gasteiger partial charge in [0.05, 0.1) is 12.2 Å². The molecule has 1 aliphatic rings. The number of aryl methyl sites for hydroxylation is 2. The minimum Gasteiger partial charge on any atom is -0.487 e. The van der Waals surface area contributed by atoms with Gasteiger partial charge in [0.2, 0.25) is 5.89 Å². The van der Waals surface area contributed by atoms with E-state index in [0.717, 1.165) is 36.1 Å². The Kier molecular flexibility index (Phi) is 3.49. The molecule has 1 aliphatic heterocycles. The van der Waals surface area contributed by atoms with Crippen LogP contribution in [0.4, 0.5) is 0 Å². The number of para-hydroxylation sites is 1. The number of hydrogen-bond acceptors (Lipinski definition) is 4. The quantitative estimate of drug-likeness (QED) is 0.937. The fourth-order valence-electron chi connectivity index (χ4n) is 2.74. The molecule has 1 N–H and O–H groups in total. The lowest BCUT2D eigenvalue weighted by Crippen LogP contribution is -2.25. The van der Waals surface area contributed by atoms with Crippen LogP contribution in [0.15, 0.2) is 22.6 Å². The van der Waals surface area contributed by atoms with Crippen LogP contribution in [0.2, 0.25) is 0 Å². The highest BCUT2D eigenvalue weighted by atomic mass is 16.5. The molecule has 0 spiro atoms. The summed E-state index contributed by atoms with van der Waals surface area (Å²) < 4.78 is 11.6. The lowest BCUT2D eigenvalue weighted by Gasteiger charge is -2.18. The lowest BCUT2D eigenvalue weighted by molar-refractivity contribution is 0.137. The first-order valence-corrected chi connectivity index (χ1v) is 7.38. The summed E-state index contributed by atoms with van der Waals surface area (Å²) in [5.74, 6) is 2.66. The number of rotatable bonds is 4. The van der Waals surface area contributed by atoms with Crippen LogP contribution in [0.25, 0.3) is 0 Å². The van der Waals surface area contributed by atoms with Gasteiger partial charge >= 0.3 is 0 Å². The first kappa shape index (κ1) is 14.1. The second-order valence-electron chi connectivity index (χ2n) is 6.30. The third-order valence-corrected chi connectivity index (χ3v) is 3.84. The van der Waals surface area contributed by atoms with Gasteiger partial charge in [-0.2, -0.15) is 0 Å². The summed E-state index contributed by atoms with van der Waals surface area (Å²) in [6, 6.07) is 6.35. The van der Waals surface area contributed by atoms with Crippen LogP contribution >= 0.6 is 0 Å². The van der Waals surface area contributed by atoms with Crippen LogP contribution in [0.3, 0.4) is 0 Å². The summed E-state index contributed by atoms with van der Waals surface area (Å²) in [5, 5.41) is 3.38. The topological polar surface area (TPSA) is 47.3 Å². The van der Waals surface area contributed by atoms with Crippen LogP contribution in [0, 0.1) is 13.8 Å². The van der Waals surface area contributed by atoms with Crippen molar-refractivity contribution >= 4 is 0 Å². The summed E-state index contributed by atoms with van der Waals surface area (Å²) >= 11 is 0. The van der Waals surface area contributed by atoms with E-state index < -0.39 is 0 Å². The smallest absolute Gasteiger partial charge is 0.208 e. The summed E-state index contributed by atoms with van der Waals surface area (Å²) in [7, 11) is 0. The predicted molar refractivity (Wildman–Crippen MR) is 81.4 cm³/mol. The van der Waals surface area contributed by atoms with Crippen LogP contribution in [-0.4, -0.2) is 10.6 Å². The molecule has 1 aromatic heterocycles. The van der Waals surface area contributed by atoms with Crippen molar-refractivity contribution in [3.8, 4) is 5.75 Å². The maximum absolute atomic E-state index is 6.07. The van der Waals surface area contributed by atoms with E-state index in [1.165, 1.54) is 11.1 Å². The molecule has 112 valence electrons. The summed E-state index contributed by atoms with van der Waals surface area (Å²) in [6.45, 7) is 9.53. The average molecular weight is 286 g/mol. The molecule has 21 heavy (non-hydrogen) atoms. The Morgan fingerprint density at radius 3 is 2.76 bits per heavy atom. The molecule has 2 heterocycles. The molecule has 1 aromatic carbocycles. The van der Waals surface area contributed by atoms with Gasteiger partial charge in [0, 0.05) is 18.5 Å². The predicted octanol–water partition coefficient (Wildman–Crippen LogP) is 3.29. The van der Waals surface area contributed by atoms with E-state index in [0.29, 0.717) is 6.54 Å². The van der Waals surface area contributed by atoms with E-state index in [9.17, 15) is 0 Å². The number of ether oxygens (including phenoxy) is 1. The Labute approximate surface area is 125 Å². The van der Waals surface area contributed by atoms with Gasteiger partial charge in [-0.05, 0) is 33.3 Å². The fourth-order valence-corrected chi connectivity index (χ4v) is 2.74. The van der Waals surface area contributed by atoms with Crippen molar-refractivity contribution in [2.45, 2.75) is 52.8 Å². The van der Waals surface area contributed by atoms with Crippen molar-refractivity contribution in [2.75, 3.05) is 0 Å². The molecule has 0 radical (unpaired) electrons. The van der Waals surface area contributed by atoms with Crippen LogP contribution < -0.4 is 10.1 Å². The highest BCUT2D eigenvalue weighted by molar-refractivity contribution is 5.45. The first-order valence-electron chi connectivity index (χ1n) is 7.38. The first-order chi connectivity index (χ1) is 9.94. The van der Waals surface area contributed by atoms with Gasteiger partial charge in [0.15, 0.2) is 0 Å². The zero-order chi connectivity index (χ0) is 15.0. The van der Waals surface area contributed by atoms with E-state index in [2.05, 4.69) is 42.3 Å². The summed E-state index contributed by atoms with van der Waals surface area (Å²) in [5.41, 5.74) is 3.34. The molecule has 0 aliphatic carbocycles. The van der Waals surface area contributed by atoms with E-state index in [4.69, 9.17) is 9.15 Å². The van der Waals surface area contributed by atoms with Crippen LogP contribution in [0.1, 0.15) is 42.3 Å². The van der Waals surface area contributed by atoms with E-state index >= 15 is 0 Å². The fraction of sp³-hybridized carbons (Fsp3) is 0.471. The van der Waals surface area contributed by atoms with E-state index in [1.54, 1.807) is 0 Å². The standard InChI is InChI=1S/C17H22N2O2/c1-11-12(2)20-15(19-11)10-18-9-14-7-5-6-13-8-17(3,4)21-16(13)14/h5-7,18H,8-10H2,1-4H3. The number of hydrogen-bond donors (Lipinski definition) is 1. The molecule has 0 fully saturated rings. The molecule has 3 rings (SSSR count). The van der Waals surface area contributed by atoms with Gasteiger partial charge in [-0.3, -0.25) is 0 Å². The van der Waals surface area contributed by atoms with Crippen LogP contribution in [-0.2, 0) is 19.5 Å². The molecule has 0 bridgehead atoms. The van der Waals surface area contributed by atoms with Crippen molar-refractivity contribution in [1.82, 2.24) is 10.3 Å². The zero-order valence-corrected chi connectivity index (χ0v) is 13.1.